The van der Waals surface area contributed by atoms with Gasteiger partial charge in [0.2, 0.25) is 0 Å². The lowest BCUT2D eigenvalue weighted by molar-refractivity contribution is 0.596. The first-order valence-corrected chi connectivity index (χ1v) is 6.11. The van der Waals surface area contributed by atoms with Crippen LogP contribution in [-0.2, 0) is 16.3 Å². The van der Waals surface area contributed by atoms with Gasteiger partial charge < -0.3 is 0 Å². The number of nitrogens with zero attached hydrogens (tertiary/aromatic N) is 1. The van der Waals surface area contributed by atoms with Crippen LogP contribution in [0, 0.1) is 24.1 Å². The summed E-state index contributed by atoms with van der Waals surface area (Å²) in [7, 11) is -3.37. The van der Waals surface area contributed by atoms with Crippen molar-refractivity contribution in [2.45, 2.75) is 18.2 Å². The van der Waals surface area contributed by atoms with E-state index in [-0.39, 0.29) is 16.9 Å². The minimum absolute atomic E-state index is 0.0779. The predicted molar refractivity (Wildman–Crippen MR) is 53.6 cm³/mol. The molecule has 0 aliphatic carbocycles. The van der Waals surface area contributed by atoms with Crippen LogP contribution >= 0.6 is 0 Å². The normalized spacial score (nSPS) is 11.1. The quantitative estimate of drug-likeness (QED) is 0.721. The van der Waals surface area contributed by atoms with E-state index in [1.54, 1.807) is 6.07 Å². The topological polar surface area (TPSA) is 57.9 Å². The van der Waals surface area contributed by atoms with Crippen molar-refractivity contribution >= 4 is 9.84 Å². The van der Waals surface area contributed by atoms with E-state index in [0.717, 1.165) is 12.3 Å². The molecule has 0 aliphatic rings. The fourth-order valence-corrected chi connectivity index (χ4v) is 2.32. The van der Waals surface area contributed by atoms with Crippen molar-refractivity contribution in [1.82, 2.24) is 0 Å². The molecule has 0 fully saturated rings. The van der Waals surface area contributed by atoms with E-state index in [2.05, 4.69) is 0 Å². The highest BCUT2D eigenvalue weighted by Crippen LogP contribution is 2.20. The van der Waals surface area contributed by atoms with Crippen molar-refractivity contribution in [1.29, 1.82) is 5.26 Å². The molecule has 1 rings (SSSR count). The molecule has 1 aromatic rings. The zero-order valence-electron chi connectivity index (χ0n) is 8.41. The number of hydrogen-bond donors (Lipinski definition) is 0. The zero-order chi connectivity index (χ0) is 11.6. The van der Waals surface area contributed by atoms with Crippen LogP contribution in [0.25, 0.3) is 0 Å². The summed E-state index contributed by atoms with van der Waals surface area (Å²) < 4.78 is 35.9. The lowest BCUT2D eigenvalue weighted by Crippen LogP contribution is -2.03. The molecule has 15 heavy (non-hydrogen) atoms. The first-order valence-electron chi connectivity index (χ1n) is 4.22. The van der Waals surface area contributed by atoms with Crippen LogP contribution in [0.2, 0.25) is 0 Å². The Morgan fingerprint density at radius 1 is 1.47 bits per heavy atom. The highest BCUT2D eigenvalue weighted by atomic mass is 32.2. The fourth-order valence-electron chi connectivity index (χ4n) is 1.32. The minimum Gasteiger partial charge on any atom is -0.224 e. The van der Waals surface area contributed by atoms with E-state index in [1.165, 1.54) is 13.0 Å². The maximum Gasteiger partial charge on any atom is 0.175 e. The fraction of sp³-hybridized carbons (Fsp3) is 0.300. The summed E-state index contributed by atoms with van der Waals surface area (Å²) in [4.78, 5) is 0.0779. The maximum absolute atomic E-state index is 13.3. The molecule has 0 N–H and O–H groups in total. The molecule has 0 spiro atoms. The Bertz CT molecular complexity index is 529. The summed E-state index contributed by atoms with van der Waals surface area (Å²) in [5.41, 5.74) is 0.472. The molecular formula is C10H10FNO2S. The second-order valence-electron chi connectivity index (χ2n) is 3.32. The summed E-state index contributed by atoms with van der Waals surface area (Å²) in [6.45, 7) is 1.52. The second kappa shape index (κ2) is 3.99. The van der Waals surface area contributed by atoms with Gasteiger partial charge in [0.25, 0.3) is 0 Å². The Kier molecular flexibility index (Phi) is 3.10. The van der Waals surface area contributed by atoms with Gasteiger partial charge in [0, 0.05) is 11.8 Å². The molecule has 3 nitrogen and oxygen atoms in total. The summed E-state index contributed by atoms with van der Waals surface area (Å²) in [5.74, 6) is -0.540. The summed E-state index contributed by atoms with van der Waals surface area (Å²) in [6, 6.07) is 4.16. The van der Waals surface area contributed by atoms with Gasteiger partial charge in [0.1, 0.15) is 5.82 Å². The molecule has 0 unspecified atom stereocenters. The van der Waals surface area contributed by atoms with Gasteiger partial charge in [0.15, 0.2) is 9.84 Å². The molecule has 0 amide bonds. The highest BCUT2D eigenvalue weighted by Gasteiger charge is 2.14. The molecule has 0 aliphatic heterocycles. The Balaban J connectivity index is 3.45. The first kappa shape index (κ1) is 11.7. The van der Waals surface area contributed by atoms with Crippen LogP contribution in [0.15, 0.2) is 17.0 Å². The molecule has 0 saturated carbocycles. The van der Waals surface area contributed by atoms with Crippen molar-refractivity contribution in [3.8, 4) is 6.07 Å². The van der Waals surface area contributed by atoms with E-state index < -0.39 is 15.7 Å². The summed E-state index contributed by atoms with van der Waals surface area (Å²) >= 11 is 0. The smallest absolute Gasteiger partial charge is 0.175 e. The molecule has 0 aromatic heterocycles. The number of benzene rings is 1. The van der Waals surface area contributed by atoms with Crippen LogP contribution in [0.4, 0.5) is 4.39 Å². The van der Waals surface area contributed by atoms with Crippen LogP contribution in [0.1, 0.15) is 11.1 Å². The molecule has 1 aromatic carbocycles. The first-order chi connectivity index (χ1) is 6.86. The van der Waals surface area contributed by atoms with E-state index in [0.29, 0.717) is 5.56 Å². The number of nitriles is 1. The average molecular weight is 227 g/mol. The second-order valence-corrected chi connectivity index (χ2v) is 5.30. The van der Waals surface area contributed by atoms with Crippen molar-refractivity contribution in [2.24, 2.45) is 0 Å². The number of sulfone groups is 1. The van der Waals surface area contributed by atoms with Gasteiger partial charge in [-0.2, -0.15) is 5.26 Å². The summed E-state index contributed by atoms with van der Waals surface area (Å²) in [5, 5.41) is 8.44. The van der Waals surface area contributed by atoms with Crippen molar-refractivity contribution < 1.29 is 12.8 Å². The lowest BCUT2D eigenvalue weighted by atomic mass is 10.1. The molecule has 80 valence electrons. The molecule has 0 heterocycles. The predicted octanol–water partition coefficient (Wildman–Crippen LogP) is 1.60. The van der Waals surface area contributed by atoms with Crippen LogP contribution in [-0.4, -0.2) is 14.7 Å². The maximum atomic E-state index is 13.3. The van der Waals surface area contributed by atoms with Crippen molar-refractivity contribution in [2.75, 3.05) is 6.26 Å². The SMILES string of the molecule is Cc1cc(F)c(CC#N)cc1S(C)(=O)=O. The number of aryl methyl sites for hydroxylation is 1. The Morgan fingerprint density at radius 2 is 2.07 bits per heavy atom. The zero-order valence-corrected chi connectivity index (χ0v) is 9.23. The number of halogens is 1. The van der Waals surface area contributed by atoms with E-state index in [4.69, 9.17) is 5.26 Å². The van der Waals surface area contributed by atoms with E-state index >= 15 is 0 Å². The molecule has 0 radical (unpaired) electrons. The van der Waals surface area contributed by atoms with Crippen LogP contribution in [0.5, 0.6) is 0 Å². The van der Waals surface area contributed by atoms with Crippen LogP contribution in [0.3, 0.4) is 0 Å². The van der Waals surface area contributed by atoms with E-state index in [9.17, 15) is 12.8 Å². The largest absolute Gasteiger partial charge is 0.224 e. The minimum atomic E-state index is -3.37. The van der Waals surface area contributed by atoms with Gasteiger partial charge >= 0.3 is 0 Å². The third-order valence-electron chi connectivity index (χ3n) is 2.01. The molecule has 5 heteroatoms. The van der Waals surface area contributed by atoms with Gasteiger partial charge in [-0.1, -0.05) is 0 Å². The third kappa shape index (κ3) is 2.54. The van der Waals surface area contributed by atoms with Gasteiger partial charge in [-0.05, 0) is 24.6 Å². The molecule has 0 saturated heterocycles. The Labute approximate surface area is 88.1 Å². The van der Waals surface area contributed by atoms with Crippen molar-refractivity contribution in [3.63, 3.8) is 0 Å². The van der Waals surface area contributed by atoms with Gasteiger partial charge in [0.05, 0.1) is 17.4 Å². The molecule has 0 bridgehead atoms. The van der Waals surface area contributed by atoms with Gasteiger partial charge in [-0.25, -0.2) is 12.8 Å². The highest BCUT2D eigenvalue weighted by molar-refractivity contribution is 7.90. The average Bonchev–Trinajstić information content (AvgIpc) is 2.07. The summed E-state index contributed by atoms with van der Waals surface area (Å²) in [6.07, 6.45) is 0.929. The van der Waals surface area contributed by atoms with Gasteiger partial charge in [-0.3, -0.25) is 0 Å². The number of hydrogen-bond acceptors (Lipinski definition) is 3. The Morgan fingerprint density at radius 3 is 2.53 bits per heavy atom. The monoisotopic (exact) mass is 227 g/mol. The van der Waals surface area contributed by atoms with Crippen LogP contribution < -0.4 is 0 Å². The Hall–Kier alpha value is -1.41. The standard InChI is InChI=1S/C10H10FNO2S/c1-7-5-9(11)8(3-4-12)6-10(7)15(2,13)14/h5-6H,3H2,1-2H3. The van der Waals surface area contributed by atoms with Crippen molar-refractivity contribution in [3.05, 3.63) is 29.1 Å². The van der Waals surface area contributed by atoms with Gasteiger partial charge in [-0.15, -0.1) is 0 Å². The molecule has 0 atom stereocenters. The lowest BCUT2D eigenvalue weighted by Gasteiger charge is -2.06. The third-order valence-corrected chi connectivity index (χ3v) is 3.25. The van der Waals surface area contributed by atoms with E-state index in [1.807, 2.05) is 0 Å². The molecular weight excluding hydrogens is 217 g/mol. The number of rotatable bonds is 2.